The van der Waals surface area contributed by atoms with Gasteiger partial charge in [-0.15, -0.1) is 0 Å². The number of carbonyl (C=O) groups is 1. The number of Topliss-reactive ketones (excluding diaryl/α,β-unsaturated/α-hetero) is 1. The Morgan fingerprint density at radius 1 is 1.14 bits per heavy atom. The van der Waals surface area contributed by atoms with Crippen molar-refractivity contribution < 1.29 is 9.53 Å². The second-order valence-corrected chi connectivity index (χ2v) is 6.95. The molecule has 4 aromatic rings. The van der Waals surface area contributed by atoms with Crippen LogP contribution in [0, 0.1) is 0 Å². The summed E-state index contributed by atoms with van der Waals surface area (Å²) in [5, 5.41) is 5.50. The fraction of sp³-hybridized carbons (Fsp3) is 0.174. The van der Waals surface area contributed by atoms with Crippen LogP contribution in [0.5, 0.6) is 5.75 Å². The third kappa shape index (κ3) is 3.82. The molecule has 0 saturated carbocycles. The first-order chi connectivity index (χ1) is 14.0. The van der Waals surface area contributed by atoms with Crippen molar-refractivity contribution in [2.75, 3.05) is 7.11 Å². The van der Waals surface area contributed by atoms with Crippen LogP contribution in [0.1, 0.15) is 18.5 Å². The second-order valence-electron chi connectivity index (χ2n) is 6.95. The second kappa shape index (κ2) is 7.75. The van der Waals surface area contributed by atoms with Crippen LogP contribution in [0.4, 0.5) is 0 Å². The predicted octanol–water partition coefficient (Wildman–Crippen LogP) is 3.77. The Morgan fingerprint density at radius 3 is 2.83 bits per heavy atom. The van der Waals surface area contributed by atoms with Crippen LogP contribution in [-0.4, -0.2) is 27.7 Å². The average Bonchev–Trinajstić information content (AvgIpc) is 3.21. The van der Waals surface area contributed by atoms with Gasteiger partial charge in [0.2, 0.25) is 0 Å². The normalized spacial score (nSPS) is 12.1. The number of H-pyrrole nitrogens is 1. The molecule has 0 spiro atoms. The Kier molecular flexibility index (Phi) is 4.99. The number of aromatic amines is 1. The fourth-order valence-corrected chi connectivity index (χ4v) is 3.34. The van der Waals surface area contributed by atoms with Gasteiger partial charge >= 0.3 is 0 Å². The maximum absolute atomic E-state index is 12.9. The number of hydrogen-bond donors (Lipinski definition) is 1. The lowest BCUT2D eigenvalue weighted by molar-refractivity contribution is -0.121. The number of rotatable bonds is 6. The molecule has 6 heteroatoms. The summed E-state index contributed by atoms with van der Waals surface area (Å²) < 4.78 is 6.51. The number of benzene rings is 2. The summed E-state index contributed by atoms with van der Waals surface area (Å²) in [6, 6.07) is 17.7. The molecule has 4 rings (SSSR count). The van der Waals surface area contributed by atoms with Crippen molar-refractivity contribution in [3.63, 3.8) is 0 Å². The van der Waals surface area contributed by atoms with E-state index in [1.54, 1.807) is 20.1 Å². The molecule has 0 radical (unpaired) electrons. The number of nitrogens with one attached hydrogen (secondary N) is 1. The van der Waals surface area contributed by atoms with Crippen molar-refractivity contribution in [2.45, 2.75) is 19.4 Å². The number of hydrogen-bond acceptors (Lipinski definition) is 4. The highest BCUT2D eigenvalue weighted by atomic mass is 16.5. The van der Waals surface area contributed by atoms with Crippen molar-refractivity contribution in [2.24, 2.45) is 0 Å². The van der Waals surface area contributed by atoms with Gasteiger partial charge < -0.3 is 9.72 Å². The minimum absolute atomic E-state index is 0.0720. The van der Waals surface area contributed by atoms with E-state index in [0.29, 0.717) is 11.4 Å². The Bertz CT molecular complexity index is 1240. The van der Waals surface area contributed by atoms with Crippen LogP contribution >= 0.6 is 0 Å². The number of ketones is 1. The van der Waals surface area contributed by atoms with Crippen LogP contribution in [0.15, 0.2) is 71.7 Å². The van der Waals surface area contributed by atoms with Gasteiger partial charge in [-0.3, -0.25) is 9.59 Å². The van der Waals surface area contributed by atoms with Gasteiger partial charge in [-0.2, -0.15) is 5.10 Å². The molecule has 2 heterocycles. The third-order valence-electron chi connectivity index (χ3n) is 5.02. The summed E-state index contributed by atoms with van der Waals surface area (Å²) in [6.45, 7) is 1.71. The van der Waals surface area contributed by atoms with E-state index in [4.69, 9.17) is 4.74 Å². The monoisotopic (exact) mass is 387 g/mol. The van der Waals surface area contributed by atoms with Crippen LogP contribution in [0.2, 0.25) is 0 Å². The Hall–Kier alpha value is -3.67. The van der Waals surface area contributed by atoms with Crippen molar-refractivity contribution >= 4 is 16.7 Å². The van der Waals surface area contributed by atoms with Crippen LogP contribution in [0.25, 0.3) is 22.2 Å². The molecule has 0 amide bonds. The Morgan fingerprint density at radius 2 is 2.00 bits per heavy atom. The van der Waals surface area contributed by atoms with Crippen LogP contribution in [-0.2, 0) is 11.2 Å². The minimum atomic E-state index is -0.671. The minimum Gasteiger partial charge on any atom is -0.497 e. The molecule has 146 valence electrons. The highest BCUT2D eigenvalue weighted by Crippen LogP contribution is 2.22. The van der Waals surface area contributed by atoms with Gasteiger partial charge in [0.25, 0.3) is 5.56 Å². The maximum Gasteiger partial charge on any atom is 0.267 e. The van der Waals surface area contributed by atoms with Crippen LogP contribution < -0.4 is 10.3 Å². The number of fused-ring (bicyclic) bond motifs is 1. The fourth-order valence-electron chi connectivity index (χ4n) is 3.34. The maximum atomic E-state index is 12.9. The molecule has 0 aliphatic heterocycles. The molecule has 0 saturated heterocycles. The Labute approximate surface area is 167 Å². The van der Waals surface area contributed by atoms with E-state index in [-0.39, 0.29) is 17.8 Å². The van der Waals surface area contributed by atoms with Crippen molar-refractivity contribution in [3.8, 4) is 17.0 Å². The SMILES string of the molecule is COc1cccc(-c2ccc(=O)n(C(C)C(=O)Cc3ccc4[nH]ccc4c3)n2)c1. The number of carbonyl (C=O) groups excluding carboxylic acids is 1. The molecular weight excluding hydrogens is 366 g/mol. The molecule has 0 fully saturated rings. The molecule has 2 aromatic carbocycles. The number of methoxy groups -OCH3 is 1. The van der Waals surface area contributed by atoms with Gasteiger partial charge in [-0.1, -0.05) is 18.2 Å². The molecule has 29 heavy (non-hydrogen) atoms. The van der Waals surface area contributed by atoms with E-state index in [2.05, 4.69) is 10.1 Å². The molecule has 1 atom stereocenters. The van der Waals surface area contributed by atoms with E-state index in [9.17, 15) is 9.59 Å². The van der Waals surface area contributed by atoms with Crippen molar-refractivity contribution in [1.29, 1.82) is 0 Å². The predicted molar refractivity (Wildman–Crippen MR) is 112 cm³/mol. The molecule has 0 aliphatic carbocycles. The third-order valence-corrected chi connectivity index (χ3v) is 5.02. The summed E-state index contributed by atoms with van der Waals surface area (Å²) in [6.07, 6.45) is 2.10. The highest BCUT2D eigenvalue weighted by Gasteiger charge is 2.19. The lowest BCUT2D eigenvalue weighted by atomic mass is 10.0. The van der Waals surface area contributed by atoms with Gasteiger partial charge in [0.15, 0.2) is 5.78 Å². The standard InChI is InChI=1S/C23H21N3O3/c1-15(22(27)13-16-6-7-20-18(12-16)10-11-24-20)26-23(28)9-8-21(25-26)17-4-3-5-19(14-17)29-2/h3-12,14-15,24H,13H2,1-2H3. The van der Waals surface area contributed by atoms with Crippen LogP contribution in [0.3, 0.4) is 0 Å². The summed E-state index contributed by atoms with van der Waals surface area (Å²) in [4.78, 5) is 28.4. The lowest BCUT2D eigenvalue weighted by Crippen LogP contribution is -2.30. The molecule has 6 nitrogen and oxygen atoms in total. The highest BCUT2D eigenvalue weighted by molar-refractivity contribution is 5.86. The van der Waals surface area contributed by atoms with Gasteiger partial charge in [0.1, 0.15) is 11.8 Å². The zero-order valence-corrected chi connectivity index (χ0v) is 16.3. The van der Waals surface area contributed by atoms with E-state index in [1.165, 1.54) is 10.7 Å². The summed E-state index contributed by atoms with van der Waals surface area (Å²) >= 11 is 0. The lowest BCUT2D eigenvalue weighted by Gasteiger charge is -2.14. The first kappa shape index (κ1) is 18.7. The molecule has 0 bridgehead atoms. The summed E-state index contributed by atoms with van der Waals surface area (Å²) in [5.41, 5.74) is 3.05. The van der Waals surface area contributed by atoms with Crippen molar-refractivity contribution in [1.82, 2.24) is 14.8 Å². The largest absolute Gasteiger partial charge is 0.497 e. The van der Waals surface area contributed by atoms with E-state index >= 15 is 0 Å². The van der Waals surface area contributed by atoms with E-state index < -0.39 is 6.04 Å². The van der Waals surface area contributed by atoms with E-state index in [0.717, 1.165) is 22.0 Å². The smallest absolute Gasteiger partial charge is 0.267 e. The van der Waals surface area contributed by atoms with Crippen molar-refractivity contribution in [3.05, 3.63) is 82.8 Å². The topological polar surface area (TPSA) is 77.0 Å². The quantitative estimate of drug-likeness (QED) is 0.546. The van der Waals surface area contributed by atoms with E-state index in [1.807, 2.05) is 54.7 Å². The molecule has 1 unspecified atom stereocenters. The Balaban J connectivity index is 1.60. The first-order valence-corrected chi connectivity index (χ1v) is 9.38. The number of ether oxygens (including phenoxy) is 1. The van der Waals surface area contributed by atoms with Gasteiger partial charge in [-0.05, 0) is 54.3 Å². The number of aromatic nitrogens is 3. The van der Waals surface area contributed by atoms with Gasteiger partial charge in [-0.25, -0.2) is 4.68 Å². The first-order valence-electron chi connectivity index (χ1n) is 9.38. The molecular formula is C23H21N3O3. The van der Waals surface area contributed by atoms with Gasteiger partial charge in [0.05, 0.1) is 12.8 Å². The molecule has 1 N–H and O–H groups in total. The zero-order chi connectivity index (χ0) is 20.4. The summed E-state index contributed by atoms with van der Waals surface area (Å²) in [7, 11) is 1.60. The molecule has 0 aliphatic rings. The molecule has 2 aromatic heterocycles. The average molecular weight is 387 g/mol. The number of nitrogens with zero attached hydrogens (tertiary/aromatic N) is 2. The zero-order valence-electron chi connectivity index (χ0n) is 16.3. The van der Waals surface area contributed by atoms with Gasteiger partial charge in [0, 0.05) is 29.8 Å². The summed E-state index contributed by atoms with van der Waals surface area (Å²) in [5.74, 6) is 0.628.